The van der Waals surface area contributed by atoms with Crippen LogP contribution in [0.15, 0.2) is 42.5 Å². The van der Waals surface area contributed by atoms with Crippen molar-refractivity contribution in [3.8, 4) is 0 Å². The van der Waals surface area contributed by atoms with Crippen LogP contribution in [0.25, 0.3) is 0 Å². The Kier molecular flexibility index (Phi) is 8.61. The molecule has 0 spiro atoms. The monoisotopic (exact) mass is 529 g/mol. The van der Waals surface area contributed by atoms with E-state index in [1.54, 1.807) is 6.07 Å². The molecular formula is C27H39N5O4S. The van der Waals surface area contributed by atoms with E-state index in [1.165, 1.54) is 4.31 Å². The van der Waals surface area contributed by atoms with E-state index in [0.29, 0.717) is 43.7 Å². The van der Waals surface area contributed by atoms with Gasteiger partial charge in [0.05, 0.1) is 35.0 Å². The van der Waals surface area contributed by atoms with Crippen molar-refractivity contribution in [2.24, 2.45) is 0 Å². The number of aliphatic hydroxyl groups excluding tert-OH is 1. The Morgan fingerprint density at radius 2 is 1.86 bits per heavy atom. The second-order valence-corrected chi connectivity index (χ2v) is 12.1. The molecule has 2 heterocycles. The summed E-state index contributed by atoms with van der Waals surface area (Å²) >= 11 is 0. The number of amides is 1. The van der Waals surface area contributed by atoms with Gasteiger partial charge in [0.2, 0.25) is 10.0 Å². The minimum Gasteiger partial charge on any atom is -0.390 e. The molecule has 4 rings (SSSR count). The molecule has 37 heavy (non-hydrogen) atoms. The fourth-order valence-corrected chi connectivity index (χ4v) is 6.51. The molecule has 2 aromatic carbocycles. The van der Waals surface area contributed by atoms with Crippen LogP contribution in [-0.4, -0.2) is 76.1 Å². The zero-order valence-corrected chi connectivity index (χ0v) is 22.7. The summed E-state index contributed by atoms with van der Waals surface area (Å²) in [6, 6.07) is 12.9. The molecule has 0 bridgehead atoms. The van der Waals surface area contributed by atoms with Crippen LogP contribution in [0.2, 0.25) is 0 Å². The number of nitrogens with one attached hydrogen (secondary N) is 3. The highest BCUT2D eigenvalue weighted by Crippen LogP contribution is 2.41. The van der Waals surface area contributed by atoms with Crippen molar-refractivity contribution < 1.29 is 18.3 Å². The van der Waals surface area contributed by atoms with Crippen molar-refractivity contribution in [1.29, 1.82) is 0 Å². The maximum atomic E-state index is 13.6. The Morgan fingerprint density at radius 3 is 2.51 bits per heavy atom. The van der Waals surface area contributed by atoms with Crippen LogP contribution in [-0.2, 0) is 16.4 Å². The number of rotatable bonds is 10. The van der Waals surface area contributed by atoms with Crippen molar-refractivity contribution in [3.63, 3.8) is 0 Å². The van der Waals surface area contributed by atoms with Crippen LogP contribution in [0.1, 0.15) is 43.1 Å². The predicted octanol–water partition coefficient (Wildman–Crippen LogP) is 2.18. The average molecular weight is 530 g/mol. The van der Waals surface area contributed by atoms with Gasteiger partial charge < -0.3 is 26.0 Å². The molecule has 2 aliphatic heterocycles. The number of aliphatic hydroxyl groups is 1. The molecule has 0 unspecified atom stereocenters. The summed E-state index contributed by atoms with van der Waals surface area (Å²) in [5.74, 6) is -0.240. The van der Waals surface area contributed by atoms with Crippen molar-refractivity contribution in [2.45, 2.75) is 51.8 Å². The zero-order valence-electron chi connectivity index (χ0n) is 21.9. The first-order valence-electron chi connectivity index (χ1n) is 13.1. The quantitative estimate of drug-likeness (QED) is 0.373. The first-order chi connectivity index (χ1) is 17.7. The van der Waals surface area contributed by atoms with Gasteiger partial charge in [-0.3, -0.25) is 9.10 Å². The standard InChI is InChI=1S/C27H39N5O4S/c1-4-31-13-11-28-26-23(31)16-21(17-24(26)32-12-8-14-37(32,35)36)27(34)30-22(25(33)18-29-19(2)3)15-20-9-6-5-7-10-20/h5-7,9-10,16-17,19,22,25,28-29,33H,4,8,11-15,18H2,1-3H3,(H,30,34)/t22-,25+/m0/s1. The number of carbonyl (C=O) groups is 1. The van der Waals surface area contributed by atoms with Crippen LogP contribution in [0.5, 0.6) is 0 Å². The number of fused-ring (bicyclic) bond motifs is 1. The first-order valence-corrected chi connectivity index (χ1v) is 14.7. The van der Waals surface area contributed by atoms with Gasteiger partial charge in [0.25, 0.3) is 5.91 Å². The van der Waals surface area contributed by atoms with Crippen LogP contribution < -0.4 is 25.2 Å². The van der Waals surface area contributed by atoms with Gasteiger partial charge in [-0.15, -0.1) is 0 Å². The minimum atomic E-state index is -3.44. The van der Waals surface area contributed by atoms with Gasteiger partial charge in [0.15, 0.2) is 0 Å². The molecule has 0 radical (unpaired) electrons. The van der Waals surface area contributed by atoms with Crippen LogP contribution in [0.4, 0.5) is 17.1 Å². The minimum absolute atomic E-state index is 0.101. The molecule has 2 aliphatic rings. The molecule has 4 N–H and O–H groups in total. The van der Waals surface area contributed by atoms with Crippen molar-refractivity contribution in [3.05, 3.63) is 53.6 Å². The maximum Gasteiger partial charge on any atom is 0.251 e. The van der Waals surface area contributed by atoms with Gasteiger partial charge in [-0.05, 0) is 37.5 Å². The number of carbonyl (C=O) groups excluding carboxylic acids is 1. The molecule has 9 nitrogen and oxygen atoms in total. The Balaban J connectivity index is 1.67. The third-order valence-electron chi connectivity index (χ3n) is 6.95. The van der Waals surface area contributed by atoms with Gasteiger partial charge >= 0.3 is 0 Å². The van der Waals surface area contributed by atoms with Gasteiger partial charge in [-0.1, -0.05) is 44.2 Å². The number of likely N-dealkylation sites (N-methyl/N-ethyl adjacent to an activating group) is 1. The van der Waals surface area contributed by atoms with E-state index in [1.807, 2.05) is 57.2 Å². The number of anilines is 3. The molecule has 1 saturated heterocycles. The topological polar surface area (TPSA) is 114 Å². The molecule has 0 saturated carbocycles. The summed E-state index contributed by atoms with van der Waals surface area (Å²) < 4.78 is 27.1. The van der Waals surface area contributed by atoms with Gasteiger partial charge in [0, 0.05) is 44.3 Å². The molecule has 202 valence electrons. The summed E-state index contributed by atoms with van der Waals surface area (Å²) in [6.07, 6.45) is 0.213. The van der Waals surface area contributed by atoms with Gasteiger partial charge in [-0.25, -0.2) is 8.42 Å². The Hall–Kier alpha value is -2.82. The molecule has 2 aromatic rings. The number of hydrogen-bond acceptors (Lipinski definition) is 7. The maximum absolute atomic E-state index is 13.6. The summed E-state index contributed by atoms with van der Waals surface area (Å²) in [6.45, 7) is 8.98. The predicted molar refractivity (Wildman–Crippen MR) is 149 cm³/mol. The molecule has 1 amide bonds. The van der Waals surface area contributed by atoms with Crippen LogP contribution in [0, 0.1) is 0 Å². The molecule has 1 fully saturated rings. The fraction of sp³-hybridized carbons (Fsp3) is 0.519. The first kappa shape index (κ1) is 27.2. The van der Waals surface area contributed by atoms with Crippen LogP contribution >= 0.6 is 0 Å². The second kappa shape index (κ2) is 11.7. The summed E-state index contributed by atoms with van der Waals surface area (Å²) in [4.78, 5) is 15.8. The summed E-state index contributed by atoms with van der Waals surface area (Å²) in [7, 11) is -3.44. The van der Waals surface area contributed by atoms with E-state index >= 15 is 0 Å². The molecule has 0 aromatic heterocycles. The number of benzene rings is 2. The molecule has 10 heteroatoms. The number of nitrogens with zero attached hydrogens (tertiary/aromatic N) is 2. The lowest BCUT2D eigenvalue weighted by molar-refractivity contribution is 0.0827. The SMILES string of the molecule is CCN1CCNc2c1cc(C(=O)N[C@@H](Cc1ccccc1)[C@H](O)CNC(C)C)cc2N1CCCS1(=O)=O. The van der Waals surface area contributed by atoms with E-state index in [9.17, 15) is 18.3 Å². The van der Waals surface area contributed by atoms with Crippen molar-refractivity contribution in [1.82, 2.24) is 10.6 Å². The van der Waals surface area contributed by atoms with Gasteiger partial charge in [-0.2, -0.15) is 0 Å². The van der Waals surface area contributed by atoms with Crippen LogP contribution in [0.3, 0.4) is 0 Å². The largest absolute Gasteiger partial charge is 0.390 e. The molecule has 2 atom stereocenters. The van der Waals surface area contributed by atoms with E-state index in [0.717, 1.165) is 30.0 Å². The lowest BCUT2D eigenvalue weighted by Crippen LogP contribution is -2.49. The van der Waals surface area contributed by atoms with E-state index < -0.39 is 22.2 Å². The highest BCUT2D eigenvalue weighted by Gasteiger charge is 2.34. The van der Waals surface area contributed by atoms with E-state index in [-0.39, 0.29) is 17.7 Å². The highest BCUT2D eigenvalue weighted by molar-refractivity contribution is 7.93. The van der Waals surface area contributed by atoms with Crippen molar-refractivity contribution in [2.75, 3.05) is 53.0 Å². The zero-order chi connectivity index (χ0) is 26.6. The normalized spacial score (nSPS) is 18.3. The Labute approximate surface area is 220 Å². The highest BCUT2D eigenvalue weighted by atomic mass is 32.2. The van der Waals surface area contributed by atoms with E-state index in [2.05, 4.69) is 20.9 Å². The average Bonchev–Trinajstić information content (AvgIpc) is 3.24. The van der Waals surface area contributed by atoms with Crippen molar-refractivity contribution >= 4 is 33.0 Å². The lowest BCUT2D eigenvalue weighted by Gasteiger charge is -2.34. The summed E-state index contributed by atoms with van der Waals surface area (Å²) in [5, 5.41) is 20.7. The Morgan fingerprint density at radius 1 is 1.14 bits per heavy atom. The molecular weight excluding hydrogens is 490 g/mol. The number of sulfonamides is 1. The lowest BCUT2D eigenvalue weighted by atomic mass is 9.99. The Bertz CT molecular complexity index is 1190. The smallest absolute Gasteiger partial charge is 0.251 e. The van der Waals surface area contributed by atoms with E-state index in [4.69, 9.17) is 0 Å². The third kappa shape index (κ3) is 6.37. The summed E-state index contributed by atoms with van der Waals surface area (Å²) in [5.41, 5.74) is 3.46. The third-order valence-corrected chi connectivity index (χ3v) is 8.80. The fourth-order valence-electron chi connectivity index (χ4n) is 4.95. The second-order valence-electron chi connectivity index (χ2n) is 10.0. The molecule has 0 aliphatic carbocycles. The number of hydrogen-bond donors (Lipinski definition) is 4. The van der Waals surface area contributed by atoms with Gasteiger partial charge in [0.1, 0.15) is 0 Å².